The smallest absolute Gasteiger partial charge is 0.332 e. The van der Waals surface area contributed by atoms with Crippen LogP contribution in [0.25, 0.3) is 0 Å². The summed E-state index contributed by atoms with van der Waals surface area (Å²) in [4.78, 5) is 10.8. The molecule has 0 aliphatic rings. The average Bonchev–Trinajstić information content (AvgIpc) is 2.22. The quantitative estimate of drug-likeness (QED) is 0.397. The van der Waals surface area contributed by atoms with Crippen LogP contribution in [-0.4, -0.2) is 11.1 Å². The fraction of sp³-hybridized carbons (Fsp3) is 0.667. The molecule has 3 nitrogen and oxygen atoms in total. The van der Waals surface area contributed by atoms with Gasteiger partial charge >= 0.3 is 5.97 Å². The predicted octanol–water partition coefficient (Wildman–Crippen LogP) is 3.27. The van der Waals surface area contributed by atoms with Crippen molar-refractivity contribution < 1.29 is 9.90 Å². The van der Waals surface area contributed by atoms with Gasteiger partial charge in [-0.3, -0.25) is 0 Å². The van der Waals surface area contributed by atoms with Crippen LogP contribution in [0.5, 0.6) is 0 Å². The van der Waals surface area contributed by atoms with Crippen LogP contribution >= 0.6 is 0 Å². The van der Waals surface area contributed by atoms with Gasteiger partial charge in [0, 0.05) is 5.57 Å². The molecule has 0 amide bonds. The molecule has 0 saturated heterocycles. The Kier molecular flexibility index (Phi) is 7.35. The van der Waals surface area contributed by atoms with Gasteiger partial charge in [-0.2, -0.15) is 5.26 Å². The highest BCUT2D eigenvalue weighted by Crippen LogP contribution is 2.14. The van der Waals surface area contributed by atoms with Crippen molar-refractivity contribution in [1.82, 2.24) is 0 Å². The van der Waals surface area contributed by atoms with E-state index in [4.69, 9.17) is 10.4 Å². The third-order valence-electron chi connectivity index (χ3n) is 2.41. The highest BCUT2D eigenvalue weighted by atomic mass is 16.4. The van der Waals surface area contributed by atoms with E-state index in [0.29, 0.717) is 12.0 Å². The number of hydrogen-bond donors (Lipinski definition) is 1. The van der Waals surface area contributed by atoms with Crippen molar-refractivity contribution in [2.45, 2.75) is 52.4 Å². The number of unbranched alkanes of at least 4 members (excludes halogenated alkanes) is 4. The van der Waals surface area contributed by atoms with Crippen molar-refractivity contribution in [2.24, 2.45) is 0 Å². The number of carboxylic acids is 1. The second-order valence-electron chi connectivity index (χ2n) is 3.68. The Bertz CT molecular complexity index is 274. The zero-order valence-corrected chi connectivity index (χ0v) is 9.55. The van der Waals surface area contributed by atoms with E-state index in [1.165, 1.54) is 12.8 Å². The number of hydrogen-bond acceptors (Lipinski definition) is 2. The maximum absolute atomic E-state index is 10.8. The lowest BCUT2D eigenvalue weighted by atomic mass is 10.0. The van der Waals surface area contributed by atoms with Crippen LogP contribution in [0.4, 0.5) is 0 Å². The molecular weight excluding hydrogens is 190 g/mol. The molecule has 84 valence electrons. The monoisotopic (exact) mass is 209 g/mol. The zero-order chi connectivity index (χ0) is 11.7. The molecule has 15 heavy (non-hydrogen) atoms. The van der Waals surface area contributed by atoms with Crippen LogP contribution in [0.1, 0.15) is 52.4 Å². The lowest BCUT2D eigenvalue weighted by molar-refractivity contribution is -0.132. The van der Waals surface area contributed by atoms with Crippen molar-refractivity contribution >= 4 is 5.97 Å². The van der Waals surface area contributed by atoms with E-state index in [1.54, 1.807) is 6.92 Å². The molecule has 0 aromatic heterocycles. The van der Waals surface area contributed by atoms with E-state index >= 15 is 0 Å². The number of carbonyl (C=O) groups is 1. The molecule has 0 heterocycles. The van der Waals surface area contributed by atoms with Crippen molar-refractivity contribution in [3.05, 3.63) is 11.1 Å². The third-order valence-corrected chi connectivity index (χ3v) is 2.41. The van der Waals surface area contributed by atoms with Gasteiger partial charge in [-0.05, 0) is 19.8 Å². The van der Waals surface area contributed by atoms with Gasteiger partial charge in [0.1, 0.15) is 0 Å². The molecule has 1 N–H and O–H groups in total. The third kappa shape index (κ3) is 5.90. The van der Waals surface area contributed by atoms with Gasteiger partial charge in [0.25, 0.3) is 0 Å². The molecule has 0 fully saturated rings. The van der Waals surface area contributed by atoms with Gasteiger partial charge in [-0.15, -0.1) is 0 Å². The fourth-order valence-electron chi connectivity index (χ4n) is 1.43. The van der Waals surface area contributed by atoms with Crippen molar-refractivity contribution in [1.29, 1.82) is 5.26 Å². The Morgan fingerprint density at radius 2 is 1.87 bits per heavy atom. The summed E-state index contributed by atoms with van der Waals surface area (Å²) in [7, 11) is 0. The molecule has 0 bridgehead atoms. The molecule has 3 heteroatoms. The lowest BCUT2D eigenvalue weighted by Gasteiger charge is -2.03. The molecule has 0 aromatic carbocycles. The predicted molar refractivity (Wildman–Crippen MR) is 59.3 cm³/mol. The first-order chi connectivity index (χ1) is 7.13. The van der Waals surface area contributed by atoms with E-state index in [2.05, 4.69) is 6.92 Å². The molecule has 0 aliphatic carbocycles. The van der Waals surface area contributed by atoms with E-state index < -0.39 is 5.97 Å². The lowest BCUT2D eigenvalue weighted by Crippen LogP contribution is -2.03. The average molecular weight is 209 g/mol. The topological polar surface area (TPSA) is 61.1 Å². The van der Waals surface area contributed by atoms with Gasteiger partial charge < -0.3 is 5.11 Å². The Morgan fingerprint density at radius 1 is 1.27 bits per heavy atom. The summed E-state index contributed by atoms with van der Waals surface area (Å²) in [6, 6.07) is 1.90. The summed E-state index contributed by atoms with van der Waals surface area (Å²) in [5.74, 6) is -0.954. The van der Waals surface area contributed by atoms with Gasteiger partial charge in [0.05, 0.1) is 11.6 Å². The summed E-state index contributed by atoms with van der Waals surface area (Å²) in [5.41, 5.74) is 0.604. The molecule has 0 radical (unpaired) electrons. The van der Waals surface area contributed by atoms with Crippen LogP contribution in [0.2, 0.25) is 0 Å². The summed E-state index contributed by atoms with van der Waals surface area (Å²) in [6.07, 6.45) is 5.94. The number of rotatable bonds is 7. The molecule has 0 spiro atoms. The van der Waals surface area contributed by atoms with Crippen LogP contribution < -0.4 is 0 Å². The van der Waals surface area contributed by atoms with Crippen LogP contribution in [0, 0.1) is 11.3 Å². The second kappa shape index (κ2) is 8.05. The van der Waals surface area contributed by atoms with Crippen LogP contribution in [-0.2, 0) is 4.79 Å². The first-order valence-electron chi connectivity index (χ1n) is 5.46. The maximum atomic E-state index is 10.8. The first kappa shape index (κ1) is 13.7. The van der Waals surface area contributed by atoms with Crippen molar-refractivity contribution in [3.8, 4) is 6.07 Å². The van der Waals surface area contributed by atoms with Gasteiger partial charge in [-0.25, -0.2) is 4.79 Å². The molecule has 0 aliphatic heterocycles. The minimum atomic E-state index is -0.954. The summed E-state index contributed by atoms with van der Waals surface area (Å²) in [6.45, 7) is 3.71. The van der Waals surface area contributed by atoms with E-state index in [-0.39, 0.29) is 5.57 Å². The summed E-state index contributed by atoms with van der Waals surface area (Å²) in [5, 5.41) is 17.5. The number of nitrogens with zero attached hydrogens (tertiary/aromatic N) is 1. The number of nitriles is 1. The molecule has 0 atom stereocenters. The number of allylic oxidation sites excluding steroid dienone is 1. The Balaban J connectivity index is 4.01. The van der Waals surface area contributed by atoms with E-state index in [9.17, 15) is 4.79 Å². The Hall–Kier alpha value is -1.30. The summed E-state index contributed by atoms with van der Waals surface area (Å²) >= 11 is 0. The van der Waals surface area contributed by atoms with Crippen LogP contribution in [0.3, 0.4) is 0 Å². The van der Waals surface area contributed by atoms with Crippen molar-refractivity contribution in [3.63, 3.8) is 0 Å². The number of carboxylic acid groups (broad SMARTS) is 1. The molecule has 0 aromatic rings. The molecule has 0 rings (SSSR count). The number of aliphatic carboxylic acids is 1. The molecule has 0 saturated carbocycles. The van der Waals surface area contributed by atoms with Crippen molar-refractivity contribution in [2.75, 3.05) is 0 Å². The van der Waals surface area contributed by atoms with E-state index in [1.807, 2.05) is 6.07 Å². The van der Waals surface area contributed by atoms with Gasteiger partial charge in [0.15, 0.2) is 0 Å². The Labute approximate surface area is 91.4 Å². The highest BCUT2D eigenvalue weighted by Gasteiger charge is 2.10. The summed E-state index contributed by atoms with van der Waals surface area (Å²) < 4.78 is 0. The minimum Gasteiger partial charge on any atom is -0.478 e. The molecular formula is C12H19NO2. The fourth-order valence-corrected chi connectivity index (χ4v) is 1.43. The standard InChI is InChI=1S/C12H19NO2/c1-3-4-5-6-7-8-11(12(14)15)10(2)9-13/h3-8H2,1-2H3,(H,14,15). The normalized spacial score (nSPS) is 11.8. The minimum absolute atomic E-state index is 0.272. The zero-order valence-electron chi connectivity index (χ0n) is 9.55. The second-order valence-corrected chi connectivity index (χ2v) is 3.68. The first-order valence-corrected chi connectivity index (χ1v) is 5.46. The Morgan fingerprint density at radius 3 is 2.33 bits per heavy atom. The SMILES string of the molecule is CCCCCCCC(C(=O)O)=C(C)C#N. The maximum Gasteiger partial charge on any atom is 0.332 e. The van der Waals surface area contributed by atoms with Gasteiger partial charge in [-0.1, -0.05) is 32.6 Å². The van der Waals surface area contributed by atoms with Crippen LogP contribution in [0.15, 0.2) is 11.1 Å². The highest BCUT2D eigenvalue weighted by molar-refractivity contribution is 5.88. The van der Waals surface area contributed by atoms with Gasteiger partial charge in [0.2, 0.25) is 0 Å². The largest absolute Gasteiger partial charge is 0.478 e. The van der Waals surface area contributed by atoms with E-state index in [0.717, 1.165) is 19.3 Å². The molecule has 0 unspecified atom stereocenters.